The third-order valence-corrected chi connectivity index (χ3v) is 5.37. The second-order valence-electron chi connectivity index (χ2n) is 7.55. The van der Waals surface area contributed by atoms with E-state index in [1.165, 1.54) is 6.92 Å². The lowest BCUT2D eigenvalue weighted by molar-refractivity contribution is -0.172. The highest BCUT2D eigenvalue weighted by Crippen LogP contribution is 2.32. The van der Waals surface area contributed by atoms with Gasteiger partial charge in [-0.05, 0) is 54.8 Å². The first-order chi connectivity index (χ1) is 14.9. The minimum atomic E-state index is -0.460. The molecule has 0 spiro atoms. The van der Waals surface area contributed by atoms with E-state index in [-0.39, 0.29) is 6.10 Å². The van der Waals surface area contributed by atoms with Crippen LogP contribution in [-0.4, -0.2) is 26.1 Å². The Morgan fingerprint density at radius 3 is 2.39 bits per heavy atom. The Morgan fingerprint density at radius 2 is 1.68 bits per heavy atom. The highest BCUT2D eigenvalue weighted by Gasteiger charge is 2.20. The van der Waals surface area contributed by atoms with Crippen LogP contribution in [0.2, 0.25) is 0 Å². The van der Waals surface area contributed by atoms with Gasteiger partial charge < -0.3 is 9.72 Å². The summed E-state index contributed by atoms with van der Waals surface area (Å²) in [4.78, 5) is 19.5. The van der Waals surface area contributed by atoms with Crippen LogP contribution in [0.25, 0.3) is 22.2 Å². The lowest BCUT2D eigenvalue weighted by Gasteiger charge is -2.24. The zero-order valence-electron chi connectivity index (χ0n) is 17.7. The van der Waals surface area contributed by atoms with Gasteiger partial charge in [-0.15, -0.1) is 0 Å². The van der Waals surface area contributed by atoms with Crippen molar-refractivity contribution >= 4 is 16.9 Å². The zero-order chi connectivity index (χ0) is 22.0. The third kappa shape index (κ3) is 4.29. The van der Waals surface area contributed by atoms with Crippen LogP contribution in [-0.2, 0) is 4.79 Å². The molecular weight excluding hydrogens is 390 g/mol. The largest absolute Gasteiger partial charge is 0.483 e. The summed E-state index contributed by atoms with van der Waals surface area (Å²) in [5.41, 5.74) is 4.69. The molecule has 0 radical (unpaired) electrons. The second kappa shape index (κ2) is 8.62. The number of ether oxygens (including phenoxy) is 1. The molecule has 0 saturated heterocycles. The number of H-pyrrole nitrogens is 1. The van der Waals surface area contributed by atoms with Crippen LogP contribution in [0.5, 0.6) is 5.75 Å². The van der Waals surface area contributed by atoms with E-state index in [9.17, 15) is 10.0 Å². The highest BCUT2D eigenvalue weighted by molar-refractivity contribution is 5.75. The van der Waals surface area contributed by atoms with Gasteiger partial charge in [-0.25, -0.2) is 10.0 Å². The molecule has 4 rings (SSSR count). The number of hydroxylamine groups is 2. The molecule has 1 heterocycles. The van der Waals surface area contributed by atoms with Crippen molar-refractivity contribution in [2.75, 3.05) is 0 Å². The van der Waals surface area contributed by atoms with Gasteiger partial charge in [0, 0.05) is 6.92 Å². The predicted molar refractivity (Wildman–Crippen MR) is 120 cm³/mol. The quantitative estimate of drug-likeness (QED) is 0.314. The van der Waals surface area contributed by atoms with E-state index in [0.717, 1.165) is 44.4 Å². The molecule has 2 atom stereocenters. The second-order valence-corrected chi connectivity index (χ2v) is 7.55. The lowest BCUT2D eigenvalue weighted by Crippen LogP contribution is -2.28. The van der Waals surface area contributed by atoms with Crippen LogP contribution in [0.15, 0.2) is 72.8 Å². The summed E-state index contributed by atoms with van der Waals surface area (Å²) in [6.45, 7) is 5.10. The van der Waals surface area contributed by atoms with Crippen LogP contribution in [0.4, 0.5) is 0 Å². The Morgan fingerprint density at radius 1 is 1.00 bits per heavy atom. The number of fused-ring (bicyclic) bond motifs is 1. The number of para-hydroxylation sites is 2. The number of aromatic nitrogens is 2. The van der Waals surface area contributed by atoms with E-state index >= 15 is 0 Å². The fourth-order valence-electron chi connectivity index (χ4n) is 3.67. The number of amides is 1. The molecule has 158 valence electrons. The molecule has 0 aliphatic rings. The maximum absolute atomic E-state index is 11.6. The molecule has 4 aromatic rings. The molecule has 0 fully saturated rings. The van der Waals surface area contributed by atoms with Crippen molar-refractivity contribution < 1.29 is 14.7 Å². The fraction of sp³-hybridized carbons (Fsp3) is 0.200. The molecule has 0 bridgehead atoms. The number of benzene rings is 3. The molecule has 0 saturated carbocycles. The maximum atomic E-state index is 11.6. The molecule has 31 heavy (non-hydrogen) atoms. The monoisotopic (exact) mass is 415 g/mol. The van der Waals surface area contributed by atoms with Crippen molar-refractivity contribution in [2.24, 2.45) is 0 Å². The van der Waals surface area contributed by atoms with Crippen molar-refractivity contribution in [1.29, 1.82) is 0 Å². The summed E-state index contributed by atoms with van der Waals surface area (Å²) >= 11 is 0. The van der Waals surface area contributed by atoms with E-state index in [2.05, 4.69) is 9.97 Å². The molecule has 1 aromatic heterocycles. The summed E-state index contributed by atoms with van der Waals surface area (Å²) < 4.78 is 6.08. The topological polar surface area (TPSA) is 78.5 Å². The lowest BCUT2D eigenvalue weighted by atomic mass is 9.95. The van der Waals surface area contributed by atoms with E-state index < -0.39 is 11.9 Å². The fourth-order valence-corrected chi connectivity index (χ4v) is 3.67. The SMILES string of the molecule is CC(=O)N(O)C(C)c1ccccc1-c1ccc(OC(C)c2nc3ccccc3[nH]2)cc1. The standard InChI is InChI=1S/C25H25N3O3/c1-16(28(30)18(3)29)21-8-4-5-9-22(21)19-12-14-20(15-13-19)31-17(2)25-26-23-10-6-7-11-24(23)27-25/h4-17,30H,1-3H3,(H,26,27). The van der Waals surface area contributed by atoms with E-state index in [0.29, 0.717) is 0 Å². The molecule has 6 nitrogen and oxygen atoms in total. The Kier molecular flexibility index (Phi) is 5.73. The smallest absolute Gasteiger partial charge is 0.243 e. The van der Waals surface area contributed by atoms with Crippen LogP contribution in [0.3, 0.4) is 0 Å². The van der Waals surface area contributed by atoms with Gasteiger partial charge in [0.15, 0.2) is 6.10 Å². The van der Waals surface area contributed by atoms with Gasteiger partial charge in [0.2, 0.25) is 5.91 Å². The minimum absolute atomic E-state index is 0.232. The van der Waals surface area contributed by atoms with Gasteiger partial charge >= 0.3 is 0 Å². The Labute approximate surface area is 181 Å². The summed E-state index contributed by atoms with van der Waals surface area (Å²) in [5, 5.41) is 10.8. The van der Waals surface area contributed by atoms with Crippen LogP contribution in [0, 0.1) is 0 Å². The normalized spacial score (nSPS) is 13.0. The van der Waals surface area contributed by atoms with E-state index in [1.54, 1.807) is 6.92 Å². The first-order valence-corrected chi connectivity index (χ1v) is 10.2. The summed E-state index contributed by atoms with van der Waals surface area (Å²) in [6, 6.07) is 22.9. The van der Waals surface area contributed by atoms with Crippen LogP contribution in [0.1, 0.15) is 44.3 Å². The Bertz CT molecular complexity index is 1170. The number of hydrogen-bond acceptors (Lipinski definition) is 4. The van der Waals surface area contributed by atoms with E-state index in [4.69, 9.17) is 4.74 Å². The van der Waals surface area contributed by atoms with Gasteiger partial charge in [0.25, 0.3) is 0 Å². The molecule has 6 heteroatoms. The molecule has 3 aromatic carbocycles. The van der Waals surface area contributed by atoms with Crippen molar-refractivity contribution in [2.45, 2.75) is 32.9 Å². The van der Waals surface area contributed by atoms with E-state index in [1.807, 2.05) is 79.7 Å². The van der Waals surface area contributed by atoms with Crippen LogP contribution < -0.4 is 4.74 Å². The molecular formula is C25H25N3O3. The van der Waals surface area contributed by atoms with Crippen molar-refractivity contribution in [3.8, 4) is 16.9 Å². The number of hydrogen-bond donors (Lipinski definition) is 2. The average molecular weight is 415 g/mol. The number of imidazole rings is 1. The number of nitrogens with one attached hydrogen (secondary N) is 1. The van der Waals surface area contributed by atoms with Crippen molar-refractivity contribution in [3.05, 3.63) is 84.2 Å². The summed E-state index contributed by atoms with van der Waals surface area (Å²) in [7, 11) is 0. The summed E-state index contributed by atoms with van der Waals surface area (Å²) in [5.74, 6) is 1.11. The van der Waals surface area contributed by atoms with Crippen LogP contribution >= 0.6 is 0 Å². The number of carbonyl (C=O) groups is 1. The highest BCUT2D eigenvalue weighted by atomic mass is 16.5. The van der Waals surface area contributed by atoms with Gasteiger partial charge in [-0.1, -0.05) is 48.5 Å². The number of nitrogens with zero attached hydrogens (tertiary/aromatic N) is 2. The first-order valence-electron chi connectivity index (χ1n) is 10.2. The van der Waals surface area contributed by atoms with Gasteiger partial charge in [0.1, 0.15) is 11.6 Å². The molecule has 2 N–H and O–H groups in total. The number of carbonyl (C=O) groups excluding carboxylic acids is 1. The molecule has 1 amide bonds. The Hall–Kier alpha value is -3.64. The first kappa shape index (κ1) is 20.6. The third-order valence-electron chi connectivity index (χ3n) is 5.37. The average Bonchev–Trinajstić information content (AvgIpc) is 3.23. The maximum Gasteiger partial charge on any atom is 0.243 e. The molecule has 0 aliphatic heterocycles. The zero-order valence-corrected chi connectivity index (χ0v) is 17.7. The minimum Gasteiger partial charge on any atom is -0.483 e. The van der Waals surface area contributed by atoms with Gasteiger partial charge in [-0.3, -0.25) is 10.0 Å². The number of rotatable bonds is 6. The van der Waals surface area contributed by atoms with Gasteiger partial charge in [0.05, 0.1) is 17.1 Å². The predicted octanol–water partition coefficient (Wildman–Crippen LogP) is 5.67. The van der Waals surface area contributed by atoms with Gasteiger partial charge in [-0.2, -0.15) is 0 Å². The Balaban J connectivity index is 1.54. The number of aromatic amines is 1. The van der Waals surface area contributed by atoms with Crippen molar-refractivity contribution in [1.82, 2.24) is 15.0 Å². The summed E-state index contributed by atoms with van der Waals surface area (Å²) in [6.07, 6.45) is -0.232. The molecule has 2 unspecified atom stereocenters. The van der Waals surface area contributed by atoms with Crippen molar-refractivity contribution in [3.63, 3.8) is 0 Å². The molecule has 0 aliphatic carbocycles.